The maximum Gasteiger partial charge on any atom is 0.303 e. The normalized spacial score (nSPS) is 37.2. The van der Waals surface area contributed by atoms with E-state index in [1.54, 1.807) is 6.92 Å². The fourth-order valence-corrected chi connectivity index (χ4v) is 16.2. The smallest absolute Gasteiger partial charge is 0.303 e. The van der Waals surface area contributed by atoms with E-state index in [2.05, 4.69) is 0 Å². The second kappa shape index (κ2) is 36.5. The molecule has 0 bridgehead atoms. The topological polar surface area (TPSA) is 244 Å². The molecule has 0 aliphatic carbocycles. The van der Waals surface area contributed by atoms with Gasteiger partial charge in [0.1, 0.15) is 43.2 Å². The maximum absolute atomic E-state index is 13.4. The molecule has 24 heteroatoms. The van der Waals surface area contributed by atoms with Crippen LogP contribution in [0, 0.1) is 29.1 Å². The molecule has 8 aliphatic heterocycles. The third-order valence-electron chi connectivity index (χ3n) is 22.3. The first-order valence-electron chi connectivity index (χ1n) is 39.2. The molecule has 1 N–H and O–H groups in total. The maximum atomic E-state index is 13.4. The standard InChI is InChI=1S/C87H109NO23/c1-52-42-96-82(76(95-47-65-38-26-16-27-39-65)68(52)109-87-51-92-50-86(87,49-91-44-62-32-20-13-21-33-62)110-81(111-87)66-40-28-17-29-41-66)104-72-57(6)98-79(106-77-75(73(101-60(9)89)58(7)99-83(77)100-59(8)88)105-84-78-71(53(2)56(5)97-84)107-85(10,11)108-78)55(4)70(72)103-80-54(3)69(93-45-63-34-22-14-23-35-63)74(94-46-64-36-24-15-25-37-64)67(102-80)48-90-43-61-30-18-12-19-31-61/h12-41,52-58,67-84,88H,42-51H2,1-11H3/t52-,53+,54-,55+,56?,57?,58?,67?,68?,69?,70?,71?,72+,73+,74-,75?,76-,77-,78+,79+,80+,81-,82+,83-,84+,86+,87?/m1/s1. The lowest BCUT2D eigenvalue weighted by Gasteiger charge is -2.52. The van der Waals surface area contributed by atoms with Gasteiger partial charge in [-0.25, -0.2) is 0 Å². The Morgan fingerprint density at radius 2 is 0.919 bits per heavy atom. The highest BCUT2D eigenvalue weighted by molar-refractivity contribution is 5.69. The van der Waals surface area contributed by atoms with Crippen molar-refractivity contribution in [3.8, 4) is 0 Å². The number of rotatable bonds is 30. The van der Waals surface area contributed by atoms with Crippen molar-refractivity contribution in [3.05, 3.63) is 215 Å². The fraction of sp³-hybridized carbons (Fsp3) is 0.563. The van der Waals surface area contributed by atoms with E-state index in [-0.39, 0.29) is 83.3 Å². The first-order valence-corrected chi connectivity index (χ1v) is 39.2. The number of carbonyl (C=O) groups is 1. The molecule has 0 radical (unpaired) electrons. The average Bonchev–Trinajstić information content (AvgIpc) is 1.56. The van der Waals surface area contributed by atoms with Gasteiger partial charge in [0.2, 0.25) is 12.1 Å². The van der Waals surface area contributed by atoms with Crippen LogP contribution in [-0.4, -0.2) is 185 Å². The number of esters is 1. The number of fused-ring (bicyclic) bond motifs is 2. The summed E-state index contributed by atoms with van der Waals surface area (Å²) < 4.78 is 154. The molecule has 10 unspecified atom stereocenters. The number of carbonyl (C=O) groups excluding carboxylic acids is 1. The molecule has 0 spiro atoms. The molecule has 0 amide bonds. The molecule has 27 atom stereocenters. The first kappa shape index (κ1) is 81.0. The van der Waals surface area contributed by atoms with Crippen LogP contribution in [0.5, 0.6) is 0 Å². The zero-order valence-corrected chi connectivity index (χ0v) is 65.2. The summed E-state index contributed by atoms with van der Waals surface area (Å²) in [6, 6.07) is 59.5. The second-order valence-electron chi connectivity index (χ2n) is 31.2. The van der Waals surface area contributed by atoms with Crippen molar-refractivity contribution in [2.45, 2.75) is 256 Å². The van der Waals surface area contributed by atoms with E-state index in [1.807, 2.05) is 237 Å². The van der Waals surface area contributed by atoms with E-state index in [9.17, 15) is 4.79 Å². The minimum Gasteiger partial charge on any atom is -0.457 e. The molecule has 14 rings (SSSR count). The van der Waals surface area contributed by atoms with Crippen LogP contribution in [0.2, 0.25) is 0 Å². The summed E-state index contributed by atoms with van der Waals surface area (Å²) in [7, 11) is 0. The Balaban J connectivity index is 0.838. The summed E-state index contributed by atoms with van der Waals surface area (Å²) in [5.41, 5.74) is 4.29. The van der Waals surface area contributed by atoms with Crippen LogP contribution in [0.25, 0.3) is 0 Å². The van der Waals surface area contributed by atoms with Crippen molar-refractivity contribution < 1.29 is 109 Å². The van der Waals surface area contributed by atoms with E-state index >= 15 is 0 Å². The van der Waals surface area contributed by atoms with E-state index in [0.29, 0.717) is 6.61 Å². The first-order chi connectivity index (χ1) is 53.7. The van der Waals surface area contributed by atoms with E-state index in [4.69, 9.17) is 110 Å². The third kappa shape index (κ3) is 19.0. The molecule has 8 saturated heterocycles. The monoisotopic (exact) mass is 1540 g/mol. The fourth-order valence-electron chi connectivity index (χ4n) is 16.2. The van der Waals surface area contributed by atoms with E-state index < -0.39 is 158 Å². The Hall–Kier alpha value is -6.54. The predicted octanol–water partition coefficient (Wildman–Crippen LogP) is 12.6. The SMILES string of the molecule is CC(=N)O[C@H]1OC(C)[C@H](OC(C)=O)C(O[C@@H]2OC(C)[C@H](C)C3OC(C)(C)O[C@@H]32)[C@H]1O[C@@H]1OC(C)[C@H](O[C@@H]2OC[C@@H](C)C(OC34COC[C@]3(COCc3ccccc3)O[C@@H](c3ccccc3)O4)[C@H]2OCc2ccccc2)C(O[C@@H]2OC(COCc3ccccc3)[C@@H](OCc3ccccc3)C(OCc3ccccc3)[C@H]2C)[C@@H]1C. The zero-order valence-electron chi connectivity index (χ0n) is 65.2. The molecule has 6 aromatic rings. The van der Waals surface area contributed by atoms with Gasteiger partial charge in [-0.15, -0.1) is 0 Å². The molecule has 0 saturated carbocycles. The summed E-state index contributed by atoms with van der Waals surface area (Å²) in [6.45, 7) is 21.7. The Kier molecular flexibility index (Phi) is 26.7. The van der Waals surface area contributed by atoms with Crippen LogP contribution in [0.4, 0.5) is 0 Å². The highest BCUT2D eigenvalue weighted by Gasteiger charge is 2.69. The molecule has 8 aliphatic rings. The quantitative estimate of drug-likeness (QED) is 0.0250. The number of benzene rings is 6. The van der Waals surface area contributed by atoms with Gasteiger partial charge in [-0.2, -0.15) is 0 Å². The van der Waals surface area contributed by atoms with Crippen LogP contribution < -0.4 is 0 Å². The summed E-state index contributed by atoms with van der Waals surface area (Å²) in [6.07, 6.45) is -19.8. The van der Waals surface area contributed by atoms with Crippen LogP contribution in [0.15, 0.2) is 182 Å². The molecular weight excluding hydrogens is 1430 g/mol. The highest BCUT2D eigenvalue weighted by atomic mass is 16.9. The molecule has 111 heavy (non-hydrogen) atoms. The minimum atomic E-state index is -1.55. The van der Waals surface area contributed by atoms with Gasteiger partial charge >= 0.3 is 5.97 Å². The van der Waals surface area contributed by atoms with Crippen molar-refractivity contribution >= 4 is 11.9 Å². The van der Waals surface area contributed by atoms with E-state index in [0.717, 1.165) is 33.4 Å². The van der Waals surface area contributed by atoms with Gasteiger partial charge in [0.05, 0.1) is 102 Å². The van der Waals surface area contributed by atoms with Gasteiger partial charge in [0.25, 0.3) is 0 Å². The molecule has 24 nitrogen and oxygen atoms in total. The largest absolute Gasteiger partial charge is 0.457 e. The molecule has 600 valence electrons. The van der Waals surface area contributed by atoms with E-state index in [1.165, 1.54) is 13.8 Å². The Labute approximate surface area is 651 Å². The van der Waals surface area contributed by atoms with Crippen molar-refractivity contribution in [2.24, 2.45) is 23.7 Å². The molecule has 0 aromatic heterocycles. The average molecular weight is 1540 g/mol. The van der Waals surface area contributed by atoms with Gasteiger partial charge in [-0.1, -0.05) is 210 Å². The molecular formula is C87H109NO23. The Morgan fingerprint density at radius 1 is 0.432 bits per heavy atom. The Bertz CT molecular complexity index is 3880. The summed E-state index contributed by atoms with van der Waals surface area (Å²) >= 11 is 0. The van der Waals surface area contributed by atoms with Gasteiger partial charge < -0.3 is 104 Å². The third-order valence-corrected chi connectivity index (χ3v) is 22.3. The molecule has 6 aromatic carbocycles. The Morgan fingerprint density at radius 3 is 1.51 bits per heavy atom. The zero-order chi connectivity index (χ0) is 77.4. The van der Waals surface area contributed by atoms with Crippen molar-refractivity contribution in [1.82, 2.24) is 0 Å². The van der Waals surface area contributed by atoms with Gasteiger partial charge in [0.15, 0.2) is 60.9 Å². The van der Waals surface area contributed by atoms with Gasteiger partial charge in [0, 0.05) is 43.1 Å². The number of ether oxygens (including phenoxy) is 22. The van der Waals surface area contributed by atoms with Crippen LogP contribution in [-0.2, 0) is 142 Å². The number of nitrogens with one attached hydrogen (secondary N) is 1. The van der Waals surface area contributed by atoms with Gasteiger partial charge in [-0.05, 0) is 62.4 Å². The van der Waals surface area contributed by atoms with Crippen LogP contribution in [0.1, 0.15) is 116 Å². The van der Waals surface area contributed by atoms with Crippen molar-refractivity contribution in [2.75, 3.05) is 33.0 Å². The molecule has 8 fully saturated rings. The van der Waals surface area contributed by atoms with Crippen molar-refractivity contribution in [1.29, 1.82) is 5.41 Å². The molecule has 8 heterocycles. The number of hydrogen-bond donors (Lipinski definition) is 1. The lowest BCUT2D eigenvalue weighted by atomic mass is 9.89. The summed E-state index contributed by atoms with van der Waals surface area (Å²) in [5.74, 6) is -5.17. The summed E-state index contributed by atoms with van der Waals surface area (Å²) in [5, 5.41) is 8.79. The lowest BCUT2D eigenvalue weighted by molar-refractivity contribution is -0.397. The highest BCUT2D eigenvalue weighted by Crippen LogP contribution is 2.53. The predicted molar refractivity (Wildman–Crippen MR) is 401 cm³/mol. The summed E-state index contributed by atoms with van der Waals surface area (Å²) in [4.78, 5) is 13.4. The number of hydrogen-bond acceptors (Lipinski definition) is 24. The van der Waals surface area contributed by atoms with Crippen molar-refractivity contribution in [3.63, 3.8) is 0 Å². The van der Waals surface area contributed by atoms with Gasteiger partial charge in [-0.3, -0.25) is 10.2 Å². The minimum absolute atomic E-state index is 0.00232. The van der Waals surface area contributed by atoms with Crippen LogP contribution in [0.3, 0.4) is 0 Å². The second-order valence-corrected chi connectivity index (χ2v) is 31.2. The lowest BCUT2D eigenvalue weighted by Crippen LogP contribution is -2.66. The van der Waals surface area contributed by atoms with Crippen LogP contribution >= 0.6 is 0 Å².